The number of nitrogens with one attached hydrogen (secondary N) is 1. The van der Waals surface area contributed by atoms with Gasteiger partial charge in [0.1, 0.15) is 5.75 Å². The molecule has 112 valence electrons. The van der Waals surface area contributed by atoms with Gasteiger partial charge in [-0.25, -0.2) is 0 Å². The zero-order valence-electron chi connectivity index (χ0n) is 11.8. The molecule has 0 saturated carbocycles. The van der Waals surface area contributed by atoms with Gasteiger partial charge in [0.15, 0.2) is 0 Å². The molecule has 1 unspecified atom stereocenters. The smallest absolute Gasteiger partial charge is 0.142 e. The quantitative estimate of drug-likeness (QED) is 0.821. The average Bonchev–Trinajstić information content (AvgIpc) is 2.93. The highest BCUT2D eigenvalue weighted by Crippen LogP contribution is 2.40. The lowest BCUT2D eigenvalue weighted by atomic mass is 10.0. The summed E-state index contributed by atoms with van der Waals surface area (Å²) in [6.45, 7) is 3.72. The number of rotatable bonds is 4. The Kier molecular flexibility index (Phi) is 4.75. The Bertz CT molecular complexity index is 641. The number of benzene rings is 1. The molecule has 0 aliphatic carbocycles. The van der Waals surface area contributed by atoms with E-state index in [1.165, 1.54) is 9.75 Å². The predicted molar refractivity (Wildman–Crippen MR) is 89.9 cm³/mol. The minimum Gasteiger partial charge on any atom is -0.492 e. The summed E-state index contributed by atoms with van der Waals surface area (Å²) in [6.07, 6.45) is 2.02. The molecule has 1 atom stereocenters. The lowest BCUT2D eigenvalue weighted by Gasteiger charge is -2.27. The maximum atomic E-state index is 6.22. The van der Waals surface area contributed by atoms with Crippen LogP contribution in [0.25, 0.3) is 0 Å². The lowest BCUT2D eigenvalue weighted by molar-refractivity contribution is 0.252. The highest BCUT2D eigenvalue weighted by molar-refractivity contribution is 7.11. The summed E-state index contributed by atoms with van der Waals surface area (Å²) in [5.41, 5.74) is 1.06. The van der Waals surface area contributed by atoms with Crippen LogP contribution in [0.5, 0.6) is 5.75 Å². The van der Waals surface area contributed by atoms with E-state index in [2.05, 4.69) is 24.4 Å². The fourth-order valence-electron chi connectivity index (χ4n) is 2.57. The van der Waals surface area contributed by atoms with Crippen molar-refractivity contribution in [3.8, 4) is 5.75 Å². The summed E-state index contributed by atoms with van der Waals surface area (Å²) in [4.78, 5) is 2.78. The summed E-state index contributed by atoms with van der Waals surface area (Å²) in [5, 5.41) is 4.84. The van der Waals surface area contributed by atoms with E-state index in [1.54, 1.807) is 6.07 Å². The van der Waals surface area contributed by atoms with Crippen LogP contribution < -0.4 is 10.1 Å². The second-order valence-electron chi connectivity index (χ2n) is 5.10. The van der Waals surface area contributed by atoms with Crippen LogP contribution in [0, 0.1) is 0 Å². The Labute approximate surface area is 139 Å². The highest BCUT2D eigenvalue weighted by atomic mass is 35.5. The van der Waals surface area contributed by atoms with Gasteiger partial charge in [0, 0.05) is 39.3 Å². The number of aryl methyl sites for hydroxylation is 1. The Morgan fingerprint density at radius 3 is 2.86 bits per heavy atom. The topological polar surface area (TPSA) is 21.3 Å². The van der Waals surface area contributed by atoms with Crippen LogP contribution in [0.2, 0.25) is 10.0 Å². The molecule has 2 heterocycles. The third-order valence-corrected chi connectivity index (χ3v) is 5.38. The first-order valence-corrected chi connectivity index (χ1v) is 8.67. The molecule has 0 bridgehead atoms. The van der Waals surface area contributed by atoms with Gasteiger partial charge >= 0.3 is 0 Å². The molecule has 1 aliphatic rings. The largest absolute Gasteiger partial charge is 0.492 e. The predicted octanol–water partition coefficient (Wildman–Crippen LogP) is 5.23. The molecule has 2 nitrogen and oxygen atoms in total. The van der Waals surface area contributed by atoms with E-state index in [-0.39, 0.29) is 6.04 Å². The van der Waals surface area contributed by atoms with Gasteiger partial charge in [0.05, 0.1) is 11.6 Å². The van der Waals surface area contributed by atoms with E-state index in [9.17, 15) is 0 Å². The molecule has 1 aromatic carbocycles. The Balaban J connectivity index is 1.76. The minimum absolute atomic E-state index is 0.233. The van der Waals surface area contributed by atoms with Crippen molar-refractivity contribution in [2.75, 3.05) is 6.61 Å². The van der Waals surface area contributed by atoms with E-state index in [0.29, 0.717) is 16.7 Å². The van der Waals surface area contributed by atoms with Crippen LogP contribution >= 0.6 is 34.5 Å². The lowest BCUT2D eigenvalue weighted by Crippen LogP contribution is -2.26. The molecule has 0 radical (unpaired) electrons. The number of halogens is 2. The van der Waals surface area contributed by atoms with Gasteiger partial charge in [0.2, 0.25) is 0 Å². The maximum absolute atomic E-state index is 6.22. The first-order valence-electron chi connectivity index (χ1n) is 7.10. The van der Waals surface area contributed by atoms with Crippen LogP contribution in [-0.2, 0) is 13.0 Å². The van der Waals surface area contributed by atoms with Gasteiger partial charge in [0.25, 0.3) is 0 Å². The summed E-state index contributed by atoms with van der Waals surface area (Å²) < 4.78 is 5.69. The number of hydrogen-bond acceptors (Lipinski definition) is 3. The fourth-order valence-corrected chi connectivity index (χ4v) is 4.04. The second-order valence-corrected chi connectivity index (χ2v) is 7.19. The molecule has 5 heteroatoms. The molecule has 0 spiro atoms. The molecule has 0 amide bonds. The van der Waals surface area contributed by atoms with Crippen molar-refractivity contribution in [3.63, 3.8) is 0 Å². The summed E-state index contributed by atoms with van der Waals surface area (Å²) in [5.74, 6) is 0.769. The van der Waals surface area contributed by atoms with Crippen molar-refractivity contribution in [2.45, 2.75) is 32.4 Å². The van der Waals surface area contributed by atoms with Gasteiger partial charge in [-0.15, -0.1) is 11.3 Å². The first-order chi connectivity index (χ1) is 10.2. The monoisotopic (exact) mass is 341 g/mol. The molecule has 1 N–H and O–H groups in total. The van der Waals surface area contributed by atoms with E-state index in [4.69, 9.17) is 27.9 Å². The van der Waals surface area contributed by atoms with Gasteiger partial charge in [-0.2, -0.15) is 0 Å². The van der Waals surface area contributed by atoms with Crippen LogP contribution in [-0.4, -0.2) is 6.61 Å². The van der Waals surface area contributed by atoms with Crippen molar-refractivity contribution in [2.24, 2.45) is 0 Å². The van der Waals surface area contributed by atoms with Gasteiger partial charge in [-0.05, 0) is 30.7 Å². The molecule has 0 saturated heterocycles. The molecule has 3 rings (SSSR count). The third-order valence-electron chi connectivity index (χ3n) is 3.65. The number of thiophene rings is 1. The van der Waals surface area contributed by atoms with E-state index in [1.807, 2.05) is 17.4 Å². The summed E-state index contributed by atoms with van der Waals surface area (Å²) >= 11 is 14.2. The fraction of sp³-hybridized carbons (Fsp3) is 0.375. The second kappa shape index (κ2) is 6.57. The van der Waals surface area contributed by atoms with Crippen LogP contribution in [0.15, 0.2) is 24.3 Å². The van der Waals surface area contributed by atoms with Crippen LogP contribution in [0.4, 0.5) is 0 Å². The van der Waals surface area contributed by atoms with E-state index in [0.717, 1.165) is 30.7 Å². The first kappa shape index (κ1) is 15.2. The van der Waals surface area contributed by atoms with Crippen molar-refractivity contribution >= 4 is 34.5 Å². The molecular formula is C16H17Cl2NOS. The zero-order valence-corrected chi connectivity index (χ0v) is 14.1. The van der Waals surface area contributed by atoms with Crippen LogP contribution in [0.3, 0.4) is 0 Å². The van der Waals surface area contributed by atoms with Gasteiger partial charge in [-0.3, -0.25) is 0 Å². The Morgan fingerprint density at radius 2 is 2.10 bits per heavy atom. The minimum atomic E-state index is 0.233. The average molecular weight is 342 g/mol. The molecule has 2 aromatic rings. The van der Waals surface area contributed by atoms with Gasteiger partial charge < -0.3 is 10.1 Å². The van der Waals surface area contributed by atoms with Crippen molar-refractivity contribution in [1.82, 2.24) is 5.32 Å². The third kappa shape index (κ3) is 3.37. The van der Waals surface area contributed by atoms with Gasteiger partial charge in [-0.1, -0.05) is 30.1 Å². The van der Waals surface area contributed by atoms with Crippen molar-refractivity contribution < 1.29 is 4.74 Å². The van der Waals surface area contributed by atoms with E-state index >= 15 is 0 Å². The zero-order chi connectivity index (χ0) is 14.8. The van der Waals surface area contributed by atoms with E-state index < -0.39 is 0 Å². The number of hydrogen-bond donors (Lipinski definition) is 1. The number of ether oxygens (including phenoxy) is 1. The van der Waals surface area contributed by atoms with Crippen molar-refractivity contribution in [3.05, 3.63) is 49.6 Å². The number of fused-ring (bicyclic) bond motifs is 1. The standard InChI is InChI=1S/C16H17Cl2NOS/c1-2-11-3-4-12(21-11)9-19-15-5-6-20-16-13(15)7-10(17)8-14(16)18/h3-4,7-8,15,19H,2,5-6,9H2,1H3. The molecular weight excluding hydrogens is 325 g/mol. The Hall–Kier alpha value is -0.740. The maximum Gasteiger partial charge on any atom is 0.142 e. The van der Waals surface area contributed by atoms with Crippen molar-refractivity contribution in [1.29, 1.82) is 0 Å². The Morgan fingerprint density at radius 1 is 1.29 bits per heavy atom. The SMILES string of the molecule is CCc1ccc(CNC2CCOc3c(Cl)cc(Cl)cc32)s1. The normalized spacial score (nSPS) is 17.4. The summed E-state index contributed by atoms with van der Waals surface area (Å²) in [6, 6.07) is 8.31. The molecule has 0 fully saturated rings. The van der Waals surface area contributed by atoms with Crippen LogP contribution in [0.1, 0.15) is 34.7 Å². The summed E-state index contributed by atoms with van der Waals surface area (Å²) in [7, 11) is 0. The molecule has 1 aliphatic heterocycles. The molecule has 21 heavy (non-hydrogen) atoms. The highest BCUT2D eigenvalue weighted by Gasteiger charge is 2.24. The molecule has 1 aromatic heterocycles.